The predicted octanol–water partition coefficient (Wildman–Crippen LogP) is 1.10. The molecule has 2 amide bonds. The SMILES string of the molecule is CC1NC(=O)C(C)N(CCc2cccc(F)c2)C1=O. The van der Waals surface area contributed by atoms with Gasteiger partial charge in [0.1, 0.15) is 17.9 Å². The number of nitrogens with zero attached hydrogens (tertiary/aromatic N) is 1. The molecule has 2 unspecified atom stereocenters. The van der Waals surface area contributed by atoms with Gasteiger partial charge in [0.25, 0.3) is 0 Å². The first kappa shape index (κ1) is 13.5. The van der Waals surface area contributed by atoms with E-state index in [-0.39, 0.29) is 17.6 Å². The molecule has 1 aliphatic rings. The van der Waals surface area contributed by atoms with Gasteiger partial charge in [-0.05, 0) is 38.0 Å². The number of carbonyl (C=O) groups excluding carboxylic acids is 2. The van der Waals surface area contributed by atoms with E-state index < -0.39 is 12.1 Å². The zero-order chi connectivity index (χ0) is 14.0. The summed E-state index contributed by atoms with van der Waals surface area (Å²) in [7, 11) is 0. The number of halogens is 1. The molecule has 1 aromatic carbocycles. The van der Waals surface area contributed by atoms with Crippen LogP contribution in [0.25, 0.3) is 0 Å². The summed E-state index contributed by atoms with van der Waals surface area (Å²) in [6, 6.07) is 5.32. The van der Waals surface area contributed by atoms with Crippen molar-refractivity contribution in [2.45, 2.75) is 32.4 Å². The molecular weight excluding hydrogens is 247 g/mol. The van der Waals surface area contributed by atoms with Crippen molar-refractivity contribution in [2.75, 3.05) is 6.54 Å². The highest BCUT2D eigenvalue weighted by molar-refractivity contribution is 5.96. The predicted molar refractivity (Wildman–Crippen MR) is 68.9 cm³/mol. The third kappa shape index (κ3) is 2.92. The molecule has 0 saturated carbocycles. The average molecular weight is 264 g/mol. The molecule has 0 aliphatic carbocycles. The topological polar surface area (TPSA) is 49.4 Å². The second kappa shape index (κ2) is 5.38. The summed E-state index contributed by atoms with van der Waals surface area (Å²) in [5, 5.41) is 2.63. The zero-order valence-electron chi connectivity index (χ0n) is 11.0. The molecular formula is C14H17FN2O2. The van der Waals surface area contributed by atoms with E-state index in [2.05, 4.69) is 5.32 Å². The molecule has 0 radical (unpaired) electrons. The van der Waals surface area contributed by atoms with Crippen LogP contribution >= 0.6 is 0 Å². The van der Waals surface area contributed by atoms with Crippen LogP contribution in [-0.2, 0) is 16.0 Å². The van der Waals surface area contributed by atoms with Crippen molar-refractivity contribution >= 4 is 11.8 Å². The molecule has 0 bridgehead atoms. The Morgan fingerprint density at radius 2 is 2.05 bits per heavy atom. The molecule has 2 rings (SSSR count). The van der Waals surface area contributed by atoms with E-state index in [1.165, 1.54) is 12.1 Å². The van der Waals surface area contributed by atoms with Crippen LogP contribution in [0.15, 0.2) is 24.3 Å². The Bertz CT molecular complexity index is 504. The minimum Gasteiger partial charge on any atom is -0.343 e. The fraction of sp³-hybridized carbons (Fsp3) is 0.429. The lowest BCUT2D eigenvalue weighted by Gasteiger charge is -2.36. The van der Waals surface area contributed by atoms with E-state index in [4.69, 9.17) is 0 Å². The van der Waals surface area contributed by atoms with Crippen LogP contribution in [0.2, 0.25) is 0 Å². The Labute approximate surface area is 111 Å². The number of carbonyl (C=O) groups is 2. The number of amides is 2. The van der Waals surface area contributed by atoms with Crippen molar-refractivity contribution in [1.82, 2.24) is 10.2 Å². The summed E-state index contributed by atoms with van der Waals surface area (Å²) < 4.78 is 13.1. The molecule has 1 fully saturated rings. The molecule has 5 heteroatoms. The molecule has 19 heavy (non-hydrogen) atoms. The van der Waals surface area contributed by atoms with Gasteiger partial charge < -0.3 is 10.2 Å². The maximum absolute atomic E-state index is 13.1. The van der Waals surface area contributed by atoms with Crippen LogP contribution in [0.5, 0.6) is 0 Å². The van der Waals surface area contributed by atoms with Gasteiger partial charge in [0, 0.05) is 6.54 Å². The summed E-state index contributed by atoms with van der Waals surface area (Å²) in [5.41, 5.74) is 0.818. The third-order valence-electron chi connectivity index (χ3n) is 3.39. The van der Waals surface area contributed by atoms with Crippen LogP contribution in [0, 0.1) is 5.82 Å². The summed E-state index contributed by atoms with van der Waals surface area (Å²) in [4.78, 5) is 25.2. The molecule has 0 aromatic heterocycles. The Kier molecular flexibility index (Phi) is 3.83. The first-order chi connectivity index (χ1) is 8.99. The largest absolute Gasteiger partial charge is 0.343 e. The summed E-state index contributed by atoms with van der Waals surface area (Å²) >= 11 is 0. The van der Waals surface area contributed by atoms with Gasteiger partial charge >= 0.3 is 0 Å². The zero-order valence-corrected chi connectivity index (χ0v) is 11.0. The molecule has 102 valence electrons. The first-order valence-corrected chi connectivity index (χ1v) is 6.34. The summed E-state index contributed by atoms with van der Waals surface area (Å²) in [5.74, 6) is -0.531. The second-order valence-corrected chi connectivity index (χ2v) is 4.82. The van der Waals surface area contributed by atoms with Crippen LogP contribution in [0.1, 0.15) is 19.4 Å². The highest BCUT2D eigenvalue weighted by atomic mass is 19.1. The molecule has 2 atom stereocenters. The van der Waals surface area contributed by atoms with Crippen molar-refractivity contribution in [3.8, 4) is 0 Å². The molecule has 4 nitrogen and oxygen atoms in total. The van der Waals surface area contributed by atoms with Gasteiger partial charge in [-0.1, -0.05) is 12.1 Å². The molecule has 1 saturated heterocycles. The number of piperazine rings is 1. The maximum Gasteiger partial charge on any atom is 0.245 e. The maximum atomic E-state index is 13.1. The highest BCUT2D eigenvalue weighted by Crippen LogP contribution is 2.12. The lowest BCUT2D eigenvalue weighted by molar-refractivity contribution is -0.148. The van der Waals surface area contributed by atoms with Gasteiger partial charge in [0.2, 0.25) is 11.8 Å². The van der Waals surface area contributed by atoms with E-state index in [9.17, 15) is 14.0 Å². The van der Waals surface area contributed by atoms with Crippen molar-refractivity contribution in [3.05, 3.63) is 35.6 Å². The molecule has 1 N–H and O–H groups in total. The van der Waals surface area contributed by atoms with E-state index in [1.54, 1.807) is 24.8 Å². The Morgan fingerprint density at radius 3 is 2.74 bits per heavy atom. The monoisotopic (exact) mass is 264 g/mol. The summed E-state index contributed by atoms with van der Waals surface area (Å²) in [6.07, 6.45) is 0.536. The van der Waals surface area contributed by atoms with Crippen molar-refractivity contribution < 1.29 is 14.0 Å². The van der Waals surface area contributed by atoms with Gasteiger partial charge in [0.05, 0.1) is 0 Å². The first-order valence-electron chi connectivity index (χ1n) is 6.34. The standard InChI is InChI=1S/C14H17FN2O2/c1-9-14(19)17(10(2)13(18)16-9)7-6-11-4-3-5-12(15)8-11/h3-5,8-10H,6-7H2,1-2H3,(H,16,18). The van der Waals surface area contributed by atoms with Gasteiger partial charge in [-0.25, -0.2) is 4.39 Å². The lowest BCUT2D eigenvalue weighted by Crippen LogP contribution is -2.61. The smallest absolute Gasteiger partial charge is 0.245 e. The van der Waals surface area contributed by atoms with Crippen LogP contribution in [-0.4, -0.2) is 35.3 Å². The van der Waals surface area contributed by atoms with E-state index in [0.29, 0.717) is 13.0 Å². The van der Waals surface area contributed by atoms with Gasteiger partial charge in [0.15, 0.2) is 0 Å². The van der Waals surface area contributed by atoms with Crippen LogP contribution in [0.3, 0.4) is 0 Å². The van der Waals surface area contributed by atoms with Crippen LogP contribution in [0.4, 0.5) is 4.39 Å². The van der Waals surface area contributed by atoms with Crippen molar-refractivity contribution in [2.24, 2.45) is 0 Å². The Morgan fingerprint density at radius 1 is 1.32 bits per heavy atom. The minimum atomic E-state index is -0.490. The number of rotatable bonds is 3. The molecule has 0 spiro atoms. The van der Waals surface area contributed by atoms with Crippen LogP contribution < -0.4 is 5.32 Å². The van der Waals surface area contributed by atoms with Gasteiger partial charge in [-0.3, -0.25) is 9.59 Å². The van der Waals surface area contributed by atoms with E-state index in [0.717, 1.165) is 5.56 Å². The fourth-order valence-corrected chi connectivity index (χ4v) is 2.22. The normalized spacial score (nSPS) is 23.4. The van der Waals surface area contributed by atoms with Gasteiger partial charge in [-0.2, -0.15) is 0 Å². The Balaban J connectivity index is 2.05. The van der Waals surface area contributed by atoms with E-state index >= 15 is 0 Å². The number of benzene rings is 1. The number of hydrogen-bond donors (Lipinski definition) is 1. The third-order valence-corrected chi connectivity index (χ3v) is 3.39. The molecule has 1 aromatic rings. The quantitative estimate of drug-likeness (QED) is 0.889. The number of nitrogens with one attached hydrogen (secondary N) is 1. The fourth-order valence-electron chi connectivity index (χ4n) is 2.22. The summed E-state index contributed by atoms with van der Waals surface area (Å²) in [6.45, 7) is 3.78. The lowest BCUT2D eigenvalue weighted by atomic mass is 10.1. The molecule has 1 heterocycles. The van der Waals surface area contributed by atoms with Gasteiger partial charge in [-0.15, -0.1) is 0 Å². The van der Waals surface area contributed by atoms with Crippen molar-refractivity contribution in [3.63, 3.8) is 0 Å². The number of hydrogen-bond acceptors (Lipinski definition) is 2. The molecule has 1 aliphatic heterocycles. The highest BCUT2D eigenvalue weighted by Gasteiger charge is 2.35. The average Bonchev–Trinajstić information content (AvgIpc) is 2.36. The minimum absolute atomic E-state index is 0.0940. The van der Waals surface area contributed by atoms with Crippen molar-refractivity contribution in [1.29, 1.82) is 0 Å². The Hall–Kier alpha value is -1.91. The second-order valence-electron chi connectivity index (χ2n) is 4.82. The van der Waals surface area contributed by atoms with E-state index in [1.807, 2.05) is 6.07 Å².